The van der Waals surface area contributed by atoms with E-state index in [9.17, 15) is 9.59 Å². The van der Waals surface area contributed by atoms with Gasteiger partial charge in [0.2, 0.25) is 5.91 Å². The second-order valence-electron chi connectivity index (χ2n) is 7.79. The SMILES string of the molecule is Cc1ccccc1CCN1CCCC(CN(C)C(=O)Cn2cccnc2=O)C1. The van der Waals surface area contributed by atoms with Gasteiger partial charge in [0.1, 0.15) is 6.54 Å². The number of carbonyl (C=O) groups excluding carboxylic acids is 1. The third-order valence-corrected chi connectivity index (χ3v) is 5.61. The van der Waals surface area contributed by atoms with Crippen molar-refractivity contribution in [1.82, 2.24) is 19.4 Å². The van der Waals surface area contributed by atoms with Crippen LogP contribution in [0.4, 0.5) is 0 Å². The van der Waals surface area contributed by atoms with Crippen molar-refractivity contribution in [1.29, 1.82) is 0 Å². The number of aryl methyl sites for hydroxylation is 1. The van der Waals surface area contributed by atoms with Crippen LogP contribution < -0.4 is 5.69 Å². The van der Waals surface area contributed by atoms with Gasteiger partial charge >= 0.3 is 5.69 Å². The zero-order valence-electron chi connectivity index (χ0n) is 16.9. The summed E-state index contributed by atoms with van der Waals surface area (Å²) < 4.78 is 1.36. The summed E-state index contributed by atoms with van der Waals surface area (Å²) in [5, 5.41) is 0. The number of hydrogen-bond acceptors (Lipinski definition) is 4. The van der Waals surface area contributed by atoms with E-state index in [-0.39, 0.29) is 18.1 Å². The molecule has 1 aliphatic rings. The van der Waals surface area contributed by atoms with E-state index in [1.54, 1.807) is 17.2 Å². The Morgan fingerprint density at radius 3 is 2.89 bits per heavy atom. The Hall–Kier alpha value is -2.47. The maximum absolute atomic E-state index is 12.5. The van der Waals surface area contributed by atoms with Gasteiger partial charge in [0.05, 0.1) is 0 Å². The van der Waals surface area contributed by atoms with Crippen molar-refractivity contribution < 1.29 is 4.79 Å². The number of benzene rings is 1. The highest BCUT2D eigenvalue weighted by molar-refractivity contribution is 5.75. The summed E-state index contributed by atoms with van der Waals surface area (Å²) in [6.45, 7) is 6.16. The first-order chi connectivity index (χ1) is 13.5. The minimum atomic E-state index is -0.385. The average Bonchev–Trinajstić information content (AvgIpc) is 2.69. The van der Waals surface area contributed by atoms with Crippen LogP contribution in [0.15, 0.2) is 47.5 Å². The molecule has 6 heteroatoms. The van der Waals surface area contributed by atoms with Gasteiger partial charge in [-0.2, -0.15) is 0 Å². The van der Waals surface area contributed by atoms with Crippen molar-refractivity contribution in [3.8, 4) is 0 Å². The maximum atomic E-state index is 12.5. The molecule has 0 bridgehead atoms. The van der Waals surface area contributed by atoms with E-state index in [0.717, 1.165) is 39.0 Å². The molecule has 1 fully saturated rings. The van der Waals surface area contributed by atoms with Crippen LogP contribution in [-0.4, -0.2) is 58.5 Å². The van der Waals surface area contributed by atoms with E-state index in [0.29, 0.717) is 5.92 Å². The van der Waals surface area contributed by atoms with Crippen molar-refractivity contribution in [2.45, 2.75) is 32.7 Å². The third-order valence-electron chi connectivity index (χ3n) is 5.61. The molecule has 1 aromatic heterocycles. The fourth-order valence-electron chi connectivity index (χ4n) is 3.94. The number of amides is 1. The van der Waals surface area contributed by atoms with Crippen LogP contribution >= 0.6 is 0 Å². The van der Waals surface area contributed by atoms with E-state index >= 15 is 0 Å². The lowest BCUT2D eigenvalue weighted by atomic mass is 9.96. The van der Waals surface area contributed by atoms with Gasteiger partial charge in [0, 0.05) is 39.1 Å². The first kappa shape index (κ1) is 20.3. The smallest absolute Gasteiger partial charge is 0.344 e. The Labute approximate surface area is 166 Å². The number of nitrogens with zero attached hydrogens (tertiary/aromatic N) is 4. The topological polar surface area (TPSA) is 58.4 Å². The molecule has 1 aliphatic heterocycles. The molecule has 6 nitrogen and oxygen atoms in total. The van der Waals surface area contributed by atoms with Crippen LogP contribution in [0.2, 0.25) is 0 Å². The quantitative estimate of drug-likeness (QED) is 0.735. The van der Waals surface area contributed by atoms with E-state index in [2.05, 4.69) is 41.1 Å². The molecule has 0 saturated carbocycles. The molecule has 2 heterocycles. The number of carbonyl (C=O) groups is 1. The number of aromatic nitrogens is 2. The highest BCUT2D eigenvalue weighted by Gasteiger charge is 2.23. The predicted octanol–water partition coefficient (Wildman–Crippen LogP) is 1.96. The van der Waals surface area contributed by atoms with E-state index in [1.165, 1.54) is 28.3 Å². The zero-order chi connectivity index (χ0) is 19.9. The van der Waals surface area contributed by atoms with Crippen molar-refractivity contribution in [2.24, 2.45) is 5.92 Å². The molecular weight excluding hydrogens is 352 g/mol. The summed E-state index contributed by atoms with van der Waals surface area (Å²) in [6, 6.07) is 10.2. The highest BCUT2D eigenvalue weighted by atomic mass is 16.2. The van der Waals surface area contributed by atoms with Gasteiger partial charge in [-0.15, -0.1) is 0 Å². The van der Waals surface area contributed by atoms with Crippen LogP contribution in [0.1, 0.15) is 24.0 Å². The molecule has 2 aromatic rings. The van der Waals surface area contributed by atoms with Gasteiger partial charge < -0.3 is 9.80 Å². The molecular formula is C22H30N4O2. The van der Waals surface area contributed by atoms with Gasteiger partial charge in [-0.3, -0.25) is 9.36 Å². The molecule has 0 spiro atoms. The predicted molar refractivity (Wildman–Crippen MR) is 110 cm³/mol. The van der Waals surface area contributed by atoms with Crippen LogP contribution in [0.25, 0.3) is 0 Å². The molecule has 1 saturated heterocycles. The lowest BCUT2D eigenvalue weighted by molar-refractivity contribution is -0.131. The number of hydrogen-bond donors (Lipinski definition) is 0. The largest absolute Gasteiger partial charge is 0.347 e. The Morgan fingerprint density at radius 2 is 2.11 bits per heavy atom. The first-order valence-electron chi connectivity index (χ1n) is 10.0. The highest BCUT2D eigenvalue weighted by Crippen LogP contribution is 2.18. The summed E-state index contributed by atoms with van der Waals surface area (Å²) in [4.78, 5) is 32.2. The summed E-state index contributed by atoms with van der Waals surface area (Å²) in [6.07, 6.45) is 6.43. The normalized spacial score (nSPS) is 17.4. The summed E-state index contributed by atoms with van der Waals surface area (Å²) in [5.41, 5.74) is 2.38. The van der Waals surface area contributed by atoms with Gasteiger partial charge in [-0.05, 0) is 55.8 Å². The molecule has 0 N–H and O–H groups in total. The van der Waals surface area contributed by atoms with Gasteiger partial charge in [-0.1, -0.05) is 24.3 Å². The van der Waals surface area contributed by atoms with Crippen LogP contribution in [-0.2, 0) is 17.8 Å². The number of piperidine rings is 1. The minimum absolute atomic E-state index is 0.0485. The molecule has 0 radical (unpaired) electrons. The van der Waals surface area contributed by atoms with Crippen LogP contribution in [0.3, 0.4) is 0 Å². The van der Waals surface area contributed by atoms with Gasteiger partial charge in [0.15, 0.2) is 0 Å². The second kappa shape index (κ2) is 9.64. The first-order valence-corrected chi connectivity index (χ1v) is 10.0. The van der Waals surface area contributed by atoms with Crippen molar-refractivity contribution in [2.75, 3.05) is 33.2 Å². The van der Waals surface area contributed by atoms with Crippen LogP contribution in [0, 0.1) is 12.8 Å². The molecule has 150 valence electrons. The number of rotatable bonds is 7. The Balaban J connectivity index is 1.48. The molecule has 1 unspecified atom stereocenters. The van der Waals surface area contributed by atoms with E-state index in [1.807, 2.05) is 7.05 Å². The third kappa shape index (κ3) is 5.52. The average molecular weight is 383 g/mol. The van der Waals surface area contributed by atoms with Gasteiger partial charge in [0.25, 0.3) is 0 Å². The fraction of sp³-hybridized carbons (Fsp3) is 0.500. The molecule has 1 atom stereocenters. The summed E-state index contributed by atoms with van der Waals surface area (Å²) in [5.74, 6) is 0.428. The zero-order valence-corrected chi connectivity index (χ0v) is 16.9. The number of likely N-dealkylation sites (N-methyl/N-ethyl adjacent to an activating group) is 1. The van der Waals surface area contributed by atoms with E-state index in [4.69, 9.17) is 0 Å². The monoisotopic (exact) mass is 382 g/mol. The molecule has 0 aliphatic carbocycles. The molecule has 28 heavy (non-hydrogen) atoms. The summed E-state index contributed by atoms with van der Waals surface area (Å²) >= 11 is 0. The summed E-state index contributed by atoms with van der Waals surface area (Å²) in [7, 11) is 1.83. The minimum Gasteiger partial charge on any atom is -0.344 e. The number of likely N-dealkylation sites (tertiary alicyclic amines) is 1. The van der Waals surface area contributed by atoms with Crippen molar-refractivity contribution in [3.63, 3.8) is 0 Å². The van der Waals surface area contributed by atoms with Gasteiger partial charge in [-0.25, -0.2) is 9.78 Å². The van der Waals surface area contributed by atoms with Crippen molar-refractivity contribution >= 4 is 5.91 Å². The van der Waals surface area contributed by atoms with E-state index < -0.39 is 0 Å². The lowest BCUT2D eigenvalue weighted by Crippen LogP contribution is -2.43. The maximum Gasteiger partial charge on any atom is 0.347 e. The molecule has 3 rings (SSSR count). The van der Waals surface area contributed by atoms with Crippen LogP contribution in [0.5, 0.6) is 0 Å². The van der Waals surface area contributed by atoms with Crippen molar-refractivity contribution in [3.05, 3.63) is 64.3 Å². The Kier molecular flexibility index (Phi) is 6.98. The second-order valence-corrected chi connectivity index (χ2v) is 7.79. The molecule has 1 amide bonds. The Bertz CT molecular complexity index is 848. The standard InChI is InChI=1S/C22H30N4O2/c1-18-7-3-4-9-20(18)10-14-25-12-5-8-19(16-25)15-24(2)21(27)17-26-13-6-11-23-22(26)28/h3-4,6-7,9,11,13,19H,5,8,10,12,14-17H2,1-2H3. The molecule has 1 aromatic carbocycles. The fourth-order valence-corrected chi connectivity index (χ4v) is 3.94. The Morgan fingerprint density at radius 1 is 1.29 bits per heavy atom. The lowest BCUT2D eigenvalue weighted by Gasteiger charge is -2.35.